The second kappa shape index (κ2) is 2.24. The molecule has 0 saturated heterocycles. The number of benzene rings is 1. The van der Waals surface area contributed by atoms with Crippen molar-refractivity contribution in [1.82, 2.24) is 4.98 Å². The summed E-state index contributed by atoms with van der Waals surface area (Å²) >= 11 is 5.86. The molecule has 0 unspecified atom stereocenters. The Morgan fingerprint density at radius 3 is 3.09 bits per heavy atom. The van der Waals surface area contributed by atoms with Gasteiger partial charge in [-0.1, -0.05) is 11.6 Å². The fourth-order valence-electron chi connectivity index (χ4n) is 0.980. The van der Waals surface area contributed by atoms with E-state index in [2.05, 4.69) is 4.98 Å². The van der Waals surface area contributed by atoms with Crippen molar-refractivity contribution < 1.29 is 4.42 Å². The van der Waals surface area contributed by atoms with Crippen LogP contribution in [-0.4, -0.2) is 4.98 Å². The van der Waals surface area contributed by atoms with Crippen molar-refractivity contribution in [3.8, 4) is 0 Å². The third kappa shape index (κ3) is 0.994. The number of rotatable bonds is 0. The van der Waals surface area contributed by atoms with E-state index in [9.17, 15) is 0 Å². The molecule has 0 aliphatic heterocycles. The van der Waals surface area contributed by atoms with E-state index in [-0.39, 0.29) is 0 Å². The van der Waals surface area contributed by atoms with Crippen molar-refractivity contribution in [2.75, 3.05) is 0 Å². The molecular formula is C8H6ClNO. The summed E-state index contributed by atoms with van der Waals surface area (Å²) in [5, 5.41) is 0.728. The van der Waals surface area contributed by atoms with Gasteiger partial charge < -0.3 is 4.42 Å². The number of fused-ring (bicyclic) bond motifs is 1. The summed E-state index contributed by atoms with van der Waals surface area (Å²) in [6.07, 6.45) is 1.42. The van der Waals surface area contributed by atoms with Crippen LogP contribution in [0.4, 0.5) is 0 Å². The van der Waals surface area contributed by atoms with Crippen LogP contribution in [0.3, 0.4) is 0 Å². The minimum absolute atomic E-state index is 0.728. The topological polar surface area (TPSA) is 26.0 Å². The van der Waals surface area contributed by atoms with Gasteiger partial charge in [0.2, 0.25) is 0 Å². The second-order valence-corrected chi connectivity index (χ2v) is 2.83. The van der Waals surface area contributed by atoms with Crippen molar-refractivity contribution in [2.24, 2.45) is 0 Å². The molecular weight excluding hydrogens is 162 g/mol. The fourth-order valence-corrected chi connectivity index (χ4v) is 1.14. The summed E-state index contributed by atoms with van der Waals surface area (Å²) in [7, 11) is 0. The van der Waals surface area contributed by atoms with Gasteiger partial charge >= 0.3 is 0 Å². The molecule has 1 aromatic heterocycles. The molecule has 2 nitrogen and oxygen atoms in total. The highest BCUT2D eigenvalue weighted by atomic mass is 35.5. The summed E-state index contributed by atoms with van der Waals surface area (Å²) in [4.78, 5) is 3.97. The maximum atomic E-state index is 5.86. The molecule has 56 valence electrons. The lowest BCUT2D eigenvalue weighted by Gasteiger charge is -1.93. The average Bonchev–Trinajstić information content (AvgIpc) is 2.36. The number of oxazole rings is 1. The van der Waals surface area contributed by atoms with E-state index in [0.717, 1.165) is 21.7 Å². The highest BCUT2D eigenvalue weighted by Gasteiger charge is 2.01. The highest BCUT2D eigenvalue weighted by molar-refractivity contribution is 6.32. The Balaban J connectivity index is 2.86. The Kier molecular flexibility index (Phi) is 1.36. The van der Waals surface area contributed by atoms with E-state index in [4.69, 9.17) is 16.0 Å². The largest absolute Gasteiger partial charge is 0.443 e. The number of halogens is 1. The van der Waals surface area contributed by atoms with E-state index in [1.54, 1.807) is 6.07 Å². The fraction of sp³-hybridized carbons (Fsp3) is 0.125. The van der Waals surface area contributed by atoms with Crippen LogP contribution in [-0.2, 0) is 0 Å². The van der Waals surface area contributed by atoms with Crippen LogP contribution in [0.25, 0.3) is 11.1 Å². The zero-order valence-electron chi connectivity index (χ0n) is 5.97. The van der Waals surface area contributed by atoms with Gasteiger partial charge in [-0.25, -0.2) is 4.98 Å². The van der Waals surface area contributed by atoms with Crippen LogP contribution < -0.4 is 0 Å². The number of hydrogen-bond donors (Lipinski definition) is 0. The van der Waals surface area contributed by atoms with Gasteiger partial charge in [0.1, 0.15) is 5.52 Å². The molecule has 1 heterocycles. The minimum Gasteiger partial charge on any atom is -0.443 e. The lowest BCUT2D eigenvalue weighted by molar-refractivity contribution is 0.602. The summed E-state index contributed by atoms with van der Waals surface area (Å²) in [5.41, 5.74) is 2.60. The van der Waals surface area contributed by atoms with Gasteiger partial charge in [0, 0.05) is 5.02 Å². The number of aryl methyl sites for hydroxylation is 1. The van der Waals surface area contributed by atoms with E-state index in [1.165, 1.54) is 6.39 Å². The van der Waals surface area contributed by atoms with Crippen LogP contribution in [0.2, 0.25) is 5.02 Å². The van der Waals surface area contributed by atoms with Crippen molar-refractivity contribution in [2.45, 2.75) is 6.92 Å². The van der Waals surface area contributed by atoms with Gasteiger partial charge in [-0.3, -0.25) is 0 Å². The van der Waals surface area contributed by atoms with Gasteiger partial charge in [-0.2, -0.15) is 0 Å². The molecule has 0 atom stereocenters. The van der Waals surface area contributed by atoms with Crippen LogP contribution in [0.5, 0.6) is 0 Å². The number of nitrogens with zero attached hydrogens (tertiary/aromatic N) is 1. The molecule has 1 aromatic carbocycles. The SMILES string of the molecule is Cc1cc2ocnc2cc1Cl. The highest BCUT2D eigenvalue weighted by Crippen LogP contribution is 2.21. The molecule has 0 N–H and O–H groups in total. The standard InChI is InChI=1S/C8H6ClNO/c1-5-2-8-7(3-6(5)9)10-4-11-8/h2-4H,1H3. The van der Waals surface area contributed by atoms with Gasteiger partial charge in [0.15, 0.2) is 12.0 Å². The number of hydrogen-bond acceptors (Lipinski definition) is 2. The molecule has 0 aliphatic rings. The van der Waals surface area contributed by atoms with Gasteiger partial charge in [-0.05, 0) is 24.6 Å². The molecule has 2 aromatic rings. The quantitative estimate of drug-likeness (QED) is 0.603. The Morgan fingerprint density at radius 2 is 2.27 bits per heavy atom. The monoisotopic (exact) mass is 167 g/mol. The number of aromatic nitrogens is 1. The molecule has 0 bridgehead atoms. The Hall–Kier alpha value is -1.02. The normalized spacial score (nSPS) is 10.7. The van der Waals surface area contributed by atoms with Crippen LogP contribution >= 0.6 is 11.6 Å². The second-order valence-electron chi connectivity index (χ2n) is 2.42. The summed E-state index contributed by atoms with van der Waals surface area (Å²) in [6.45, 7) is 1.93. The molecule has 11 heavy (non-hydrogen) atoms. The lowest BCUT2D eigenvalue weighted by Crippen LogP contribution is -1.74. The first kappa shape index (κ1) is 6.68. The molecule has 2 rings (SSSR count). The van der Waals surface area contributed by atoms with Gasteiger partial charge in [0.05, 0.1) is 0 Å². The predicted molar refractivity (Wildman–Crippen MR) is 43.8 cm³/mol. The Morgan fingerprint density at radius 1 is 1.45 bits per heavy atom. The molecule has 0 fully saturated rings. The van der Waals surface area contributed by atoms with Crippen LogP contribution in [0.1, 0.15) is 5.56 Å². The zero-order valence-corrected chi connectivity index (χ0v) is 6.72. The van der Waals surface area contributed by atoms with E-state index in [1.807, 2.05) is 13.0 Å². The van der Waals surface area contributed by atoms with Crippen molar-refractivity contribution >= 4 is 22.7 Å². The Labute approximate surface area is 68.8 Å². The first-order valence-electron chi connectivity index (χ1n) is 3.27. The third-order valence-electron chi connectivity index (χ3n) is 1.61. The van der Waals surface area contributed by atoms with Crippen molar-refractivity contribution in [3.63, 3.8) is 0 Å². The minimum atomic E-state index is 0.728. The molecule has 0 aliphatic carbocycles. The Bertz CT molecular complexity index is 358. The smallest absolute Gasteiger partial charge is 0.181 e. The maximum Gasteiger partial charge on any atom is 0.181 e. The van der Waals surface area contributed by atoms with Crippen LogP contribution in [0.15, 0.2) is 22.9 Å². The lowest BCUT2D eigenvalue weighted by atomic mass is 10.2. The zero-order chi connectivity index (χ0) is 7.84. The maximum absolute atomic E-state index is 5.86. The molecule has 0 saturated carbocycles. The van der Waals surface area contributed by atoms with E-state index in [0.29, 0.717) is 0 Å². The van der Waals surface area contributed by atoms with Crippen molar-refractivity contribution in [1.29, 1.82) is 0 Å². The summed E-state index contributed by atoms with van der Waals surface area (Å²) < 4.78 is 5.08. The summed E-state index contributed by atoms with van der Waals surface area (Å²) in [6, 6.07) is 3.68. The molecule has 0 spiro atoms. The first-order chi connectivity index (χ1) is 5.27. The van der Waals surface area contributed by atoms with Crippen molar-refractivity contribution in [3.05, 3.63) is 29.1 Å². The average molecular weight is 168 g/mol. The molecule has 0 radical (unpaired) electrons. The third-order valence-corrected chi connectivity index (χ3v) is 2.02. The summed E-state index contributed by atoms with van der Waals surface area (Å²) in [5.74, 6) is 0. The van der Waals surface area contributed by atoms with Gasteiger partial charge in [-0.15, -0.1) is 0 Å². The van der Waals surface area contributed by atoms with Gasteiger partial charge in [0.25, 0.3) is 0 Å². The first-order valence-corrected chi connectivity index (χ1v) is 3.64. The molecule has 0 amide bonds. The van der Waals surface area contributed by atoms with Crippen LogP contribution in [0, 0.1) is 6.92 Å². The molecule has 3 heteroatoms. The van der Waals surface area contributed by atoms with E-state index < -0.39 is 0 Å². The predicted octanol–water partition coefficient (Wildman–Crippen LogP) is 2.79. The van der Waals surface area contributed by atoms with E-state index >= 15 is 0 Å².